The average molecular weight is 592 g/mol. The Labute approximate surface area is 210 Å². The molecule has 0 unspecified atom stereocenters. The summed E-state index contributed by atoms with van der Waals surface area (Å²) in [4.78, 5) is 31.3. The van der Waals surface area contributed by atoms with Gasteiger partial charge in [0.1, 0.15) is 18.5 Å². The number of nitrogens with one attached hydrogen (secondary N) is 2. The van der Waals surface area contributed by atoms with E-state index in [-0.39, 0.29) is 30.3 Å². The Kier molecular flexibility index (Phi) is 7.29. The highest BCUT2D eigenvalue weighted by Gasteiger charge is 2.20. The van der Waals surface area contributed by atoms with Gasteiger partial charge in [0.15, 0.2) is 11.2 Å². The van der Waals surface area contributed by atoms with Gasteiger partial charge in [-0.3, -0.25) is 14.3 Å². The normalized spacial score (nSPS) is 12.4. The van der Waals surface area contributed by atoms with Crippen molar-refractivity contribution >= 4 is 55.2 Å². The smallest absolute Gasteiger partial charge is 0.329 e. The van der Waals surface area contributed by atoms with Crippen molar-refractivity contribution in [3.05, 3.63) is 83.9 Å². The minimum absolute atomic E-state index is 0.0213. The minimum Gasteiger partial charge on any atom is -0.491 e. The lowest BCUT2D eigenvalue weighted by atomic mass is 10.2. The molecule has 0 aliphatic heterocycles. The summed E-state index contributed by atoms with van der Waals surface area (Å²) in [6.45, 7) is -0.0446. The number of hydrogen-bond acceptors (Lipinski definition) is 7. The third-order valence-electron chi connectivity index (χ3n) is 4.90. The number of hydrogen-bond donors (Lipinski definition) is 3. The van der Waals surface area contributed by atoms with E-state index in [1.807, 2.05) is 36.4 Å². The van der Waals surface area contributed by atoms with E-state index < -0.39 is 17.4 Å². The number of fused-ring (bicyclic) bond motifs is 1. The molecule has 0 fully saturated rings. The summed E-state index contributed by atoms with van der Waals surface area (Å²) in [6.07, 6.45) is 0.612. The lowest BCUT2D eigenvalue weighted by Gasteiger charge is -2.15. The number of halogens is 2. The number of ether oxygens (including phenoxy) is 1. The van der Waals surface area contributed by atoms with E-state index in [1.54, 1.807) is 18.3 Å². The Hall–Kier alpha value is -3.22. The van der Waals surface area contributed by atoms with Crippen LogP contribution in [0.5, 0.6) is 5.75 Å². The van der Waals surface area contributed by atoms with E-state index in [4.69, 9.17) is 4.74 Å². The van der Waals surface area contributed by atoms with Crippen molar-refractivity contribution in [2.24, 2.45) is 12.1 Å². The quantitative estimate of drug-likeness (QED) is 0.214. The van der Waals surface area contributed by atoms with Gasteiger partial charge in [0, 0.05) is 16.0 Å². The Morgan fingerprint density at radius 1 is 1.15 bits per heavy atom. The van der Waals surface area contributed by atoms with E-state index in [2.05, 4.69) is 52.4 Å². The first-order chi connectivity index (χ1) is 16.3. The summed E-state index contributed by atoms with van der Waals surface area (Å²) in [5, 5.41) is 14.8. The molecule has 0 radical (unpaired) electrons. The topological polar surface area (TPSA) is 127 Å². The van der Waals surface area contributed by atoms with Gasteiger partial charge >= 0.3 is 5.69 Å². The molecule has 34 heavy (non-hydrogen) atoms. The summed E-state index contributed by atoms with van der Waals surface area (Å²) >= 11 is 6.74. The van der Waals surface area contributed by atoms with Gasteiger partial charge < -0.3 is 14.4 Å². The van der Waals surface area contributed by atoms with Gasteiger partial charge in [-0.2, -0.15) is 10.1 Å². The van der Waals surface area contributed by atoms with Crippen LogP contribution in [-0.2, 0) is 13.6 Å². The molecule has 176 valence electrons. The third kappa shape index (κ3) is 5.46. The molecule has 3 N–H and O–H groups in total. The number of aromatic amines is 1. The highest BCUT2D eigenvalue weighted by molar-refractivity contribution is 9.10. The van der Waals surface area contributed by atoms with Crippen LogP contribution in [0.2, 0.25) is 0 Å². The Morgan fingerprint density at radius 3 is 2.47 bits per heavy atom. The number of imidazole rings is 1. The molecule has 0 bridgehead atoms. The summed E-state index contributed by atoms with van der Waals surface area (Å²) in [5.74, 6) is 0.785. The fraction of sp³-hybridized carbons (Fsp3) is 0.182. The van der Waals surface area contributed by atoms with Crippen molar-refractivity contribution in [3.63, 3.8) is 0 Å². The van der Waals surface area contributed by atoms with Crippen LogP contribution in [0.15, 0.2) is 72.2 Å². The first-order valence-electron chi connectivity index (χ1n) is 10.1. The SMILES string of the molecule is Cn1c(=O)[nH]c(=O)c2c1nc(N/N=C\c1ccc(Br)cc1)n2C[C@@H](O)COc1ccc(Br)cc1. The maximum absolute atomic E-state index is 12.6. The molecular weight excluding hydrogens is 572 g/mol. The largest absolute Gasteiger partial charge is 0.491 e. The van der Waals surface area contributed by atoms with Crippen LogP contribution in [0, 0.1) is 0 Å². The lowest BCUT2D eigenvalue weighted by Crippen LogP contribution is -2.30. The molecule has 4 rings (SSSR count). The van der Waals surface area contributed by atoms with E-state index in [1.165, 1.54) is 16.2 Å². The molecule has 0 aliphatic carbocycles. The van der Waals surface area contributed by atoms with Gasteiger partial charge in [-0.1, -0.05) is 44.0 Å². The van der Waals surface area contributed by atoms with Crippen molar-refractivity contribution in [2.45, 2.75) is 12.6 Å². The molecular formula is C22H20Br2N6O4. The van der Waals surface area contributed by atoms with E-state index in [0.717, 1.165) is 14.5 Å². The van der Waals surface area contributed by atoms with E-state index >= 15 is 0 Å². The summed E-state index contributed by atoms with van der Waals surface area (Å²) in [7, 11) is 1.50. The van der Waals surface area contributed by atoms with Gasteiger partial charge in [-0.05, 0) is 42.0 Å². The molecule has 0 amide bonds. The van der Waals surface area contributed by atoms with Gasteiger partial charge in [-0.15, -0.1) is 0 Å². The molecule has 10 nitrogen and oxygen atoms in total. The summed E-state index contributed by atoms with van der Waals surface area (Å²) in [5.41, 5.74) is 2.74. The maximum atomic E-state index is 12.6. The van der Waals surface area contributed by atoms with Crippen LogP contribution in [0.4, 0.5) is 5.95 Å². The fourth-order valence-corrected chi connectivity index (χ4v) is 3.73. The van der Waals surface area contributed by atoms with Crippen LogP contribution in [-0.4, -0.2) is 43.1 Å². The number of anilines is 1. The number of aliphatic hydroxyl groups is 1. The number of aromatic nitrogens is 4. The number of hydrazone groups is 1. The van der Waals surface area contributed by atoms with E-state index in [9.17, 15) is 14.7 Å². The molecule has 0 saturated carbocycles. The molecule has 4 aromatic rings. The second-order valence-corrected chi connectivity index (χ2v) is 9.21. The predicted molar refractivity (Wildman–Crippen MR) is 137 cm³/mol. The highest BCUT2D eigenvalue weighted by atomic mass is 79.9. The number of aliphatic hydroxyl groups excluding tert-OH is 1. The van der Waals surface area contributed by atoms with Crippen molar-refractivity contribution in [2.75, 3.05) is 12.0 Å². The van der Waals surface area contributed by atoms with Crippen molar-refractivity contribution in [1.29, 1.82) is 0 Å². The van der Waals surface area contributed by atoms with Crippen LogP contribution >= 0.6 is 31.9 Å². The molecule has 12 heteroatoms. The zero-order chi connectivity index (χ0) is 24.2. The number of H-pyrrole nitrogens is 1. The Bertz CT molecular complexity index is 1440. The first kappa shape index (κ1) is 23.9. The molecule has 0 aliphatic rings. The molecule has 1 atom stereocenters. The Morgan fingerprint density at radius 2 is 1.79 bits per heavy atom. The van der Waals surface area contributed by atoms with Crippen LogP contribution in [0.1, 0.15) is 5.56 Å². The molecule has 0 saturated heterocycles. The van der Waals surface area contributed by atoms with Crippen molar-refractivity contribution in [3.8, 4) is 5.75 Å². The predicted octanol–water partition coefficient (Wildman–Crippen LogP) is 2.83. The maximum Gasteiger partial charge on any atom is 0.329 e. The lowest BCUT2D eigenvalue weighted by molar-refractivity contribution is 0.0938. The van der Waals surface area contributed by atoms with Crippen LogP contribution in [0.25, 0.3) is 11.2 Å². The fourth-order valence-electron chi connectivity index (χ4n) is 3.20. The average Bonchev–Trinajstić information content (AvgIpc) is 3.17. The number of aryl methyl sites for hydroxylation is 1. The molecule has 0 spiro atoms. The molecule has 2 heterocycles. The minimum atomic E-state index is -0.978. The monoisotopic (exact) mass is 590 g/mol. The van der Waals surface area contributed by atoms with Crippen LogP contribution < -0.4 is 21.4 Å². The van der Waals surface area contributed by atoms with Gasteiger partial charge in [-0.25, -0.2) is 10.2 Å². The first-order valence-corrected chi connectivity index (χ1v) is 11.7. The highest BCUT2D eigenvalue weighted by Crippen LogP contribution is 2.18. The van der Waals surface area contributed by atoms with Gasteiger partial charge in [0.25, 0.3) is 5.56 Å². The zero-order valence-corrected chi connectivity index (χ0v) is 21.1. The van der Waals surface area contributed by atoms with Gasteiger partial charge in [0.05, 0.1) is 12.8 Å². The molecule has 2 aromatic carbocycles. The summed E-state index contributed by atoms with van der Waals surface area (Å²) in [6, 6.07) is 14.7. The Balaban J connectivity index is 1.60. The van der Waals surface area contributed by atoms with E-state index in [0.29, 0.717) is 5.75 Å². The van der Waals surface area contributed by atoms with Crippen molar-refractivity contribution in [1.82, 2.24) is 19.1 Å². The van der Waals surface area contributed by atoms with Crippen molar-refractivity contribution < 1.29 is 9.84 Å². The second kappa shape index (κ2) is 10.4. The second-order valence-electron chi connectivity index (χ2n) is 7.38. The summed E-state index contributed by atoms with van der Waals surface area (Å²) < 4.78 is 10.2. The van der Waals surface area contributed by atoms with Gasteiger partial charge in [0.2, 0.25) is 5.95 Å². The number of nitrogens with zero attached hydrogens (tertiary/aromatic N) is 4. The third-order valence-corrected chi connectivity index (χ3v) is 5.96. The number of rotatable bonds is 8. The number of benzene rings is 2. The standard InChI is InChI=1S/C22H20Br2N6O4/c1-29-19-18(20(32)27-22(29)33)30(11-16(31)12-34-17-8-6-15(24)7-9-17)21(26-19)28-25-10-13-2-4-14(23)5-3-13/h2-10,16,31H,11-12H2,1H3,(H,26,28)(H,27,32,33)/b25-10-/t16-/m1/s1. The zero-order valence-electron chi connectivity index (χ0n) is 17.9. The molecule has 2 aromatic heterocycles. The van der Waals surface area contributed by atoms with Crippen LogP contribution in [0.3, 0.4) is 0 Å².